The first-order valence-corrected chi connectivity index (χ1v) is 8.80. The normalized spacial score (nSPS) is 12.9. The minimum absolute atomic E-state index is 0.0632. The summed E-state index contributed by atoms with van der Waals surface area (Å²) in [5.41, 5.74) is 2.87. The van der Waals surface area contributed by atoms with Crippen LogP contribution in [0.5, 0.6) is 0 Å². The van der Waals surface area contributed by atoms with Crippen molar-refractivity contribution in [1.82, 2.24) is 0 Å². The van der Waals surface area contributed by atoms with E-state index in [0.29, 0.717) is 11.1 Å². The molecule has 0 saturated carbocycles. The Hall–Kier alpha value is -3.13. The van der Waals surface area contributed by atoms with Gasteiger partial charge in [0.15, 0.2) is 0 Å². The number of hydrazone groups is 1. The van der Waals surface area contributed by atoms with Gasteiger partial charge in [-0.2, -0.15) is 18.3 Å². The van der Waals surface area contributed by atoms with E-state index in [2.05, 4.69) is 17.1 Å². The lowest BCUT2D eigenvalue weighted by atomic mass is 9.98. The Labute approximate surface area is 166 Å². The first-order valence-electron chi connectivity index (χ1n) is 8.80. The number of carbonyl (C=O) groups excluding carboxylic acids is 1. The van der Waals surface area contributed by atoms with Crippen molar-refractivity contribution in [3.8, 4) is 0 Å². The van der Waals surface area contributed by atoms with E-state index in [0.717, 1.165) is 12.1 Å². The molecule has 154 valence electrons. The monoisotopic (exact) mass is 406 g/mol. The number of hydrogen-bond donors (Lipinski definition) is 2. The molecule has 2 aromatic carbocycles. The topological polar surface area (TPSA) is 70.9 Å². The van der Waals surface area contributed by atoms with Gasteiger partial charge in [0.25, 0.3) is 0 Å². The van der Waals surface area contributed by atoms with Gasteiger partial charge < -0.3 is 9.84 Å². The van der Waals surface area contributed by atoms with Gasteiger partial charge in [0.2, 0.25) is 0 Å². The summed E-state index contributed by atoms with van der Waals surface area (Å²) >= 11 is 0. The molecule has 8 heteroatoms. The predicted molar refractivity (Wildman–Crippen MR) is 104 cm³/mol. The fourth-order valence-corrected chi connectivity index (χ4v) is 2.42. The molecule has 0 aliphatic heterocycles. The molecule has 0 heterocycles. The number of nitrogens with one attached hydrogen (secondary N) is 1. The van der Waals surface area contributed by atoms with Gasteiger partial charge in [0, 0.05) is 6.42 Å². The number of aliphatic hydroxyl groups excluding tert-OH is 1. The number of ether oxygens (including phenoxy) is 1. The van der Waals surface area contributed by atoms with E-state index in [9.17, 15) is 23.1 Å². The van der Waals surface area contributed by atoms with Crippen LogP contribution in [0.2, 0.25) is 0 Å². The van der Waals surface area contributed by atoms with Crippen LogP contribution in [-0.4, -0.2) is 23.4 Å². The predicted octanol–water partition coefficient (Wildman–Crippen LogP) is 4.72. The van der Waals surface area contributed by atoms with Gasteiger partial charge in [-0.1, -0.05) is 36.9 Å². The summed E-state index contributed by atoms with van der Waals surface area (Å²) < 4.78 is 42.9. The highest BCUT2D eigenvalue weighted by atomic mass is 19.4. The van der Waals surface area contributed by atoms with Crippen molar-refractivity contribution in [1.29, 1.82) is 0 Å². The zero-order chi connectivity index (χ0) is 21.4. The van der Waals surface area contributed by atoms with E-state index in [-0.39, 0.29) is 24.4 Å². The summed E-state index contributed by atoms with van der Waals surface area (Å²) in [6.07, 6.45) is -5.53. The zero-order valence-electron chi connectivity index (χ0n) is 15.7. The van der Waals surface area contributed by atoms with Crippen LogP contribution in [-0.2, 0) is 15.7 Å². The second-order valence-electron chi connectivity index (χ2n) is 6.11. The lowest BCUT2D eigenvalue weighted by Gasteiger charge is -2.15. The van der Waals surface area contributed by atoms with Crippen LogP contribution in [0.15, 0.2) is 71.9 Å². The fourth-order valence-electron chi connectivity index (χ4n) is 2.42. The maximum Gasteiger partial charge on any atom is 0.416 e. The third kappa shape index (κ3) is 6.46. The summed E-state index contributed by atoms with van der Waals surface area (Å²) in [5, 5.41) is 14.4. The molecule has 0 radical (unpaired) electrons. The van der Waals surface area contributed by atoms with Gasteiger partial charge in [-0.25, -0.2) is 4.79 Å². The number of hydrogen-bond acceptors (Lipinski definition) is 5. The largest absolute Gasteiger partial charge is 0.461 e. The molecule has 2 aromatic rings. The Morgan fingerprint density at radius 1 is 1.17 bits per heavy atom. The van der Waals surface area contributed by atoms with Crippen molar-refractivity contribution in [2.75, 3.05) is 12.0 Å². The Kier molecular flexibility index (Phi) is 7.55. The van der Waals surface area contributed by atoms with Crippen LogP contribution in [0.1, 0.15) is 30.6 Å². The van der Waals surface area contributed by atoms with Gasteiger partial charge in [-0.3, -0.25) is 5.43 Å². The molecule has 2 N–H and O–H groups in total. The molecule has 0 fully saturated rings. The quantitative estimate of drug-likeness (QED) is 0.288. The second kappa shape index (κ2) is 9.88. The molecule has 5 nitrogen and oxygen atoms in total. The summed E-state index contributed by atoms with van der Waals surface area (Å²) in [6, 6.07) is 13.0. The molecule has 0 aliphatic rings. The number of esters is 1. The molecule has 1 atom stereocenters. The van der Waals surface area contributed by atoms with Crippen molar-refractivity contribution in [2.45, 2.75) is 25.6 Å². The molecule has 0 aliphatic carbocycles. The molecule has 0 amide bonds. The van der Waals surface area contributed by atoms with Crippen molar-refractivity contribution in [3.63, 3.8) is 0 Å². The van der Waals surface area contributed by atoms with E-state index >= 15 is 0 Å². The van der Waals surface area contributed by atoms with E-state index < -0.39 is 23.8 Å². The van der Waals surface area contributed by atoms with E-state index in [1.54, 1.807) is 37.3 Å². The highest BCUT2D eigenvalue weighted by molar-refractivity contribution is 6.37. The maximum atomic E-state index is 12.6. The Balaban J connectivity index is 2.15. The van der Waals surface area contributed by atoms with Crippen LogP contribution < -0.4 is 5.43 Å². The van der Waals surface area contributed by atoms with Gasteiger partial charge in [-0.15, -0.1) is 0 Å². The molecule has 0 saturated heterocycles. The zero-order valence-corrected chi connectivity index (χ0v) is 15.7. The first-order chi connectivity index (χ1) is 13.7. The molecule has 0 spiro atoms. The lowest BCUT2D eigenvalue weighted by Crippen LogP contribution is -2.21. The summed E-state index contributed by atoms with van der Waals surface area (Å²) in [4.78, 5) is 12.2. The van der Waals surface area contributed by atoms with Crippen molar-refractivity contribution >= 4 is 17.4 Å². The number of rotatable bonds is 8. The van der Waals surface area contributed by atoms with E-state index in [1.807, 2.05) is 0 Å². The van der Waals surface area contributed by atoms with Crippen molar-refractivity contribution in [3.05, 3.63) is 77.9 Å². The van der Waals surface area contributed by atoms with Gasteiger partial charge in [0.1, 0.15) is 11.8 Å². The fraction of sp³-hybridized carbons (Fsp3) is 0.238. The number of halogens is 3. The van der Waals surface area contributed by atoms with Crippen molar-refractivity contribution in [2.24, 2.45) is 5.10 Å². The van der Waals surface area contributed by atoms with Crippen LogP contribution >= 0.6 is 0 Å². The number of anilines is 1. The average molecular weight is 406 g/mol. The van der Waals surface area contributed by atoms with Crippen LogP contribution in [0.3, 0.4) is 0 Å². The summed E-state index contributed by atoms with van der Waals surface area (Å²) in [7, 11) is 0. The molecule has 2 rings (SSSR count). The van der Waals surface area contributed by atoms with Crippen molar-refractivity contribution < 1.29 is 27.8 Å². The highest BCUT2D eigenvalue weighted by Gasteiger charge is 2.30. The molecule has 29 heavy (non-hydrogen) atoms. The molecular formula is C21H21F3N2O3. The standard InChI is InChI=1S/C21H21F3N2O3/c1-3-29-20(28)18(13-14(2)19(27)15-7-5-4-6-8-15)26-25-17-11-9-16(10-12-17)21(22,23)24/h4-12,19,25,27H,2-3,13H2,1H3/b26-18+. The van der Waals surface area contributed by atoms with E-state index in [1.165, 1.54) is 12.1 Å². The molecule has 0 bridgehead atoms. The third-order valence-corrected chi connectivity index (χ3v) is 3.94. The molecule has 1 unspecified atom stereocenters. The van der Waals surface area contributed by atoms with Gasteiger partial charge >= 0.3 is 12.1 Å². The lowest BCUT2D eigenvalue weighted by molar-refractivity contribution is -0.137. The Morgan fingerprint density at radius 3 is 2.34 bits per heavy atom. The second-order valence-corrected chi connectivity index (χ2v) is 6.11. The molecule has 0 aromatic heterocycles. The maximum absolute atomic E-state index is 12.6. The minimum atomic E-state index is -4.44. The number of nitrogens with zero attached hydrogens (tertiary/aromatic N) is 1. The van der Waals surface area contributed by atoms with Crippen LogP contribution in [0.25, 0.3) is 0 Å². The number of aliphatic hydroxyl groups is 1. The van der Waals surface area contributed by atoms with Crippen LogP contribution in [0, 0.1) is 0 Å². The number of carbonyl (C=O) groups is 1. The Morgan fingerprint density at radius 2 is 1.79 bits per heavy atom. The first kappa shape index (κ1) is 22.2. The highest BCUT2D eigenvalue weighted by Crippen LogP contribution is 2.30. The van der Waals surface area contributed by atoms with Gasteiger partial charge in [-0.05, 0) is 42.3 Å². The smallest absolute Gasteiger partial charge is 0.416 e. The number of benzene rings is 2. The Bertz CT molecular complexity index is 863. The van der Waals surface area contributed by atoms with E-state index in [4.69, 9.17) is 4.74 Å². The van der Waals surface area contributed by atoms with Crippen LogP contribution in [0.4, 0.5) is 18.9 Å². The summed E-state index contributed by atoms with van der Waals surface area (Å²) in [5.74, 6) is -0.715. The third-order valence-electron chi connectivity index (χ3n) is 3.94. The number of alkyl halides is 3. The SMILES string of the molecule is C=C(C/C(=N\Nc1ccc(C(F)(F)F)cc1)C(=O)OCC)C(O)c1ccccc1. The molecular weight excluding hydrogens is 385 g/mol. The minimum Gasteiger partial charge on any atom is -0.461 e. The average Bonchev–Trinajstić information content (AvgIpc) is 2.70. The van der Waals surface area contributed by atoms with Gasteiger partial charge in [0.05, 0.1) is 17.9 Å². The summed E-state index contributed by atoms with van der Waals surface area (Å²) in [6.45, 7) is 5.56.